The summed E-state index contributed by atoms with van der Waals surface area (Å²) in [6.45, 7) is 5.05. The van der Waals surface area contributed by atoms with Crippen LogP contribution in [0, 0.1) is 10.1 Å². The van der Waals surface area contributed by atoms with Crippen molar-refractivity contribution in [2.45, 2.75) is 19.4 Å². The molecule has 7 heteroatoms. The highest BCUT2D eigenvalue weighted by Gasteiger charge is 2.37. The maximum atomic E-state index is 12.7. The van der Waals surface area contributed by atoms with Crippen LogP contribution in [0.1, 0.15) is 24.2 Å². The van der Waals surface area contributed by atoms with E-state index in [1.165, 1.54) is 6.07 Å². The summed E-state index contributed by atoms with van der Waals surface area (Å²) in [6.07, 6.45) is 0. The molecule has 1 heterocycles. The van der Waals surface area contributed by atoms with Crippen LogP contribution in [-0.2, 0) is 4.74 Å². The molecule has 1 aromatic rings. The summed E-state index contributed by atoms with van der Waals surface area (Å²) in [5.41, 5.74) is -0.246. The molecule has 2 rings (SSSR count). The molecule has 0 unspecified atom stereocenters. The topological polar surface area (TPSA) is 84.7 Å². The van der Waals surface area contributed by atoms with E-state index in [9.17, 15) is 14.9 Å². The fourth-order valence-corrected chi connectivity index (χ4v) is 2.49. The Kier molecular flexibility index (Phi) is 4.13. The van der Waals surface area contributed by atoms with E-state index in [0.29, 0.717) is 25.4 Å². The Hall–Kier alpha value is -2.15. The first-order valence-electron chi connectivity index (χ1n) is 6.73. The summed E-state index contributed by atoms with van der Waals surface area (Å²) >= 11 is 0. The summed E-state index contributed by atoms with van der Waals surface area (Å²) in [5, 5.41) is 14.1. The number of nitro benzene ring substituents is 1. The molecule has 114 valence electrons. The molecule has 0 atom stereocenters. The van der Waals surface area contributed by atoms with Gasteiger partial charge < -0.3 is 15.0 Å². The number of nitro groups is 1. The lowest BCUT2D eigenvalue weighted by Gasteiger charge is -2.42. The molecule has 0 aliphatic carbocycles. The van der Waals surface area contributed by atoms with Crippen LogP contribution in [0.5, 0.6) is 0 Å². The minimum atomic E-state index is -0.521. The summed E-state index contributed by atoms with van der Waals surface area (Å²) in [6, 6.07) is 4.71. The van der Waals surface area contributed by atoms with E-state index in [1.54, 1.807) is 24.1 Å². The van der Waals surface area contributed by atoms with Gasteiger partial charge in [-0.05, 0) is 26.0 Å². The van der Waals surface area contributed by atoms with Gasteiger partial charge >= 0.3 is 5.69 Å². The molecule has 1 aliphatic heterocycles. The van der Waals surface area contributed by atoms with Crippen molar-refractivity contribution >= 4 is 17.3 Å². The number of carbonyl (C=O) groups is 1. The number of amides is 1. The van der Waals surface area contributed by atoms with Gasteiger partial charge in [0.15, 0.2) is 0 Å². The van der Waals surface area contributed by atoms with Crippen LogP contribution in [-0.4, -0.2) is 48.1 Å². The Morgan fingerprint density at radius 1 is 1.48 bits per heavy atom. The third kappa shape index (κ3) is 2.82. The number of hydrogen-bond donors (Lipinski definition) is 1. The van der Waals surface area contributed by atoms with Gasteiger partial charge in [-0.15, -0.1) is 0 Å². The molecule has 0 bridgehead atoms. The van der Waals surface area contributed by atoms with Crippen LogP contribution >= 0.6 is 0 Å². The van der Waals surface area contributed by atoms with Crippen LogP contribution in [0.3, 0.4) is 0 Å². The van der Waals surface area contributed by atoms with Gasteiger partial charge in [0.1, 0.15) is 11.3 Å². The zero-order valence-corrected chi connectivity index (χ0v) is 12.4. The van der Waals surface area contributed by atoms with Crippen molar-refractivity contribution in [1.82, 2.24) is 4.90 Å². The monoisotopic (exact) mass is 293 g/mol. The van der Waals surface area contributed by atoms with Crippen molar-refractivity contribution in [3.05, 3.63) is 33.9 Å². The van der Waals surface area contributed by atoms with E-state index in [-0.39, 0.29) is 17.2 Å². The molecule has 1 fully saturated rings. The number of hydrogen-bond acceptors (Lipinski definition) is 5. The predicted molar refractivity (Wildman–Crippen MR) is 78.6 cm³/mol. The van der Waals surface area contributed by atoms with Gasteiger partial charge in [0.05, 0.1) is 23.7 Å². The van der Waals surface area contributed by atoms with Gasteiger partial charge in [-0.3, -0.25) is 14.9 Å². The molecule has 0 saturated carbocycles. The van der Waals surface area contributed by atoms with Crippen molar-refractivity contribution < 1.29 is 14.5 Å². The average molecular weight is 293 g/mol. The lowest BCUT2D eigenvalue weighted by molar-refractivity contribution is -0.384. The Morgan fingerprint density at radius 2 is 2.19 bits per heavy atom. The average Bonchev–Trinajstić information content (AvgIpc) is 2.45. The number of carbonyl (C=O) groups excluding carboxylic acids is 1. The van der Waals surface area contributed by atoms with Crippen molar-refractivity contribution in [1.29, 1.82) is 0 Å². The van der Waals surface area contributed by atoms with Gasteiger partial charge in [0.2, 0.25) is 0 Å². The van der Waals surface area contributed by atoms with Crippen LogP contribution in [0.4, 0.5) is 11.4 Å². The quantitative estimate of drug-likeness (QED) is 0.679. The van der Waals surface area contributed by atoms with E-state index >= 15 is 0 Å². The Balaban J connectivity index is 2.46. The Bertz CT molecular complexity index is 571. The van der Waals surface area contributed by atoms with Crippen LogP contribution in [0.25, 0.3) is 0 Å². The van der Waals surface area contributed by atoms with E-state index in [0.717, 1.165) is 0 Å². The predicted octanol–water partition coefficient (Wildman–Crippen LogP) is 1.89. The van der Waals surface area contributed by atoms with E-state index in [4.69, 9.17) is 4.74 Å². The number of morpholine rings is 1. The number of nitrogens with zero attached hydrogens (tertiary/aromatic N) is 2. The third-order valence-corrected chi connectivity index (χ3v) is 3.61. The zero-order chi connectivity index (χ0) is 15.6. The second kappa shape index (κ2) is 5.69. The second-order valence-corrected chi connectivity index (χ2v) is 5.53. The molecular formula is C14H19N3O4. The molecule has 0 aromatic heterocycles. The highest BCUT2D eigenvalue weighted by Crippen LogP contribution is 2.31. The molecule has 0 radical (unpaired) electrons. The number of rotatable bonds is 3. The second-order valence-electron chi connectivity index (χ2n) is 5.53. The minimum absolute atomic E-state index is 0.0989. The highest BCUT2D eigenvalue weighted by molar-refractivity contribution is 6.00. The maximum Gasteiger partial charge on any atom is 0.305 e. The Labute approximate surface area is 123 Å². The number of ether oxygens (including phenoxy) is 1. The van der Waals surface area contributed by atoms with Crippen molar-refractivity contribution in [2.75, 3.05) is 32.1 Å². The molecule has 1 N–H and O–H groups in total. The molecule has 1 aliphatic rings. The molecule has 1 saturated heterocycles. The van der Waals surface area contributed by atoms with Crippen molar-refractivity contribution in [3.8, 4) is 0 Å². The molecule has 0 spiro atoms. The molecule has 1 aromatic carbocycles. The third-order valence-electron chi connectivity index (χ3n) is 3.61. The molecule has 21 heavy (non-hydrogen) atoms. The van der Waals surface area contributed by atoms with Gasteiger partial charge in [-0.2, -0.15) is 0 Å². The summed E-state index contributed by atoms with van der Waals surface area (Å²) in [4.78, 5) is 25.2. The first-order valence-corrected chi connectivity index (χ1v) is 6.73. The van der Waals surface area contributed by atoms with Crippen LogP contribution in [0.15, 0.2) is 18.2 Å². The van der Waals surface area contributed by atoms with Crippen LogP contribution in [0.2, 0.25) is 0 Å². The number of para-hydroxylation sites is 1. The van der Waals surface area contributed by atoms with Gasteiger partial charge in [0.25, 0.3) is 5.91 Å². The van der Waals surface area contributed by atoms with Gasteiger partial charge in [0, 0.05) is 13.6 Å². The standard InChI is InChI=1S/C14H19N3O4/c1-14(2)9-21-8-7-16(14)13(18)10-5-4-6-11(15-3)12(10)17(19)20/h4-6,15H,7-9H2,1-3H3. The zero-order valence-electron chi connectivity index (χ0n) is 12.4. The normalized spacial score (nSPS) is 17.4. The fourth-order valence-electron chi connectivity index (χ4n) is 2.49. The summed E-state index contributed by atoms with van der Waals surface area (Å²) < 4.78 is 5.38. The summed E-state index contributed by atoms with van der Waals surface area (Å²) in [7, 11) is 1.59. The first-order chi connectivity index (χ1) is 9.88. The first kappa shape index (κ1) is 15.2. The van der Waals surface area contributed by atoms with Gasteiger partial charge in [-0.25, -0.2) is 0 Å². The lowest BCUT2D eigenvalue weighted by Crippen LogP contribution is -2.55. The molecular weight excluding hydrogens is 274 g/mol. The van der Waals surface area contributed by atoms with Crippen molar-refractivity contribution in [3.63, 3.8) is 0 Å². The molecule has 1 amide bonds. The number of benzene rings is 1. The summed E-state index contributed by atoms with van der Waals surface area (Å²) in [5.74, 6) is -0.341. The minimum Gasteiger partial charge on any atom is -0.383 e. The van der Waals surface area contributed by atoms with Crippen molar-refractivity contribution in [2.24, 2.45) is 0 Å². The van der Waals surface area contributed by atoms with E-state index in [2.05, 4.69) is 5.32 Å². The SMILES string of the molecule is CNc1cccc(C(=O)N2CCOCC2(C)C)c1[N+](=O)[O-]. The number of nitrogens with one attached hydrogen (secondary N) is 1. The van der Waals surface area contributed by atoms with Crippen LogP contribution < -0.4 is 5.32 Å². The van der Waals surface area contributed by atoms with E-state index < -0.39 is 10.5 Å². The Morgan fingerprint density at radius 3 is 2.76 bits per heavy atom. The molecule has 7 nitrogen and oxygen atoms in total. The fraction of sp³-hybridized carbons (Fsp3) is 0.500. The maximum absolute atomic E-state index is 12.7. The smallest absolute Gasteiger partial charge is 0.305 e. The lowest BCUT2D eigenvalue weighted by atomic mass is 10.00. The number of anilines is 1. The largest absolute Gasteiger partial charge is 0.383 e. The van der Waals surface area contributed by atoms with Gasteiger partial charge in [-0.1, -0.05) is 6.07 Å². The highest BCUT2D eigenvalue weighted by atomic mass is 16.6. The van der Waals surface area contributed by atoms with E-state index in [1.807, 2.05) is 13.8 Å².